The molecule has 0 fully saturated rings. The number of hydrogen-bond acceptors (Lipinski definition) is 9. The number of carbonyl (C=O) groups is 1. The molecule has 14 heteroatoms. The number of fused-ring (bicyclic) bond motifs is 1. The molecular formula is C14H13Cl2F3N2O7. The molecule has 0 radical (unpaired) electrons. The summed E-state index contributed by atoms with van der Waals surface area (Å²) in [7, 11) is 0. The Morgan fingerprint density at radius 2 is 1.82 bits per heavy atom. The van der Waals surface area contributed by atoms with E-state index in [0.717, 1.165) is 6.08 Å². The van der Waals surface area contributed by atoms with E-state index in [4.69, 9.17) is 43.1 Å². The first-order valence-electron chi connectivity index (χ1n) is 7.34. The number of carbonyl (C=O) groups excluding carboxylic acids is 1. The van der Waals surface area contributed by atoms with Gasteiger partial charge in [0.1, 0.15) is 19.0 Å². The van der Waals surface area contributed by atoms with E-state index < -0.39 is 43.1 Å². The van der Waals surface area contributed by atoms with Crippen LogP contribution in [0.5, 0.6) is 5.75 Å². The third-order valence-corrected chi connectivity index (χ3v) is 3.84. The number of hydrogen-bond donors (Lipinski definition) is 4. The van der Waals surface area contributed by atoms with E-state index in [1.54, 1.807) is 0 Å². The van der Waals surface area contributed by atoms with Crippen molar-refractivity contribution in [2.75, 3.05) is 13.2 Å². The van der Waals surface area contributed by atoms with Crippen LogP contribution in [0.15, 0.2) is 17.7 Å². The van der Waals surface area contributed by atoms with Crippen LogP contribution in [-0.2, 0) is 19.2 Å². The van der Waals surface area contributed by atoms with Gasteiger partial charge in [0, 0.05) is 10.6 Å². The number of benzene rings is 1. The van der Waals surface area contributed by atoms with Gasteiger partial charge in [-0.05, 0) is 18.2 Å². The summed E-state index contributed by atoms with van der Waals surface area (Å²) in [5, 5.41) is 16.8. The second kappa shape index (κ2) is 9.71. The van der Waals surface area contributed by atoms with Gasteiger partial charge in [-0.25, -0.2) is 4.79 Å². The maximum absolute atomic E-state index is 13.4. The Balaban J connectivity index is 2.34. The van der Waals surface area contributed by atoms with Crippen LogP contribution in [0.25, 0.3) is 6.08 Å². The zero-order valence-corrected chi connectivity index (χ0v) is 15.1. The van der Waals surface area contributed by atoms with Crippen LogP contribution in [0.1, 0.15) is 5.56 Å². The summed E-state index contributed by atoms with van der Waals surface area (Å²) in [6.45, 7) is -1.05. The number of ether oxygens (including phenoxy) is 2. The predicted octanol–water partition coefficient (Wildman–Crippen LogP) is 2.43. The van der Waals surface area contributed by atoms with E-state index in [1.807, 2.05) is 0 Å². The Morgan fingerprint density at radius 1 is 1.21 bits per heavy atom. The Morgan fingerprint density at radius 3 is 2.36 bits per heavy atom. The number of halogens is 5. The van der Waals surface area contributed by atoms with Gasteiger partial charge in [0.2, 0.25) is 6.10 Å². The number of nitrogens with one attached hydrogen (secondary N) is 2. The van der Waals surface area contributed by atoms with Crippen molar-refractivity contribution in [1.29, 1.82) is 0 Å². The van der Waals surface area contributed by atoms with E-state index in [9.17, 15) is 18.0 Å². The second-order valence-electron chi connectivity index (χ2n) is 5.28. The molecule has 1 atom stereocenters. The summed E-state index contributed by atoms with van der Waals surface area (Å²) in [4.78, 5) is 21.1. The molecule has 1 aliphatic rings. The van der Waals surface area contributed by atoms with Crippen LogP contribution >= 0.6 is 23.2 Å². The lowest BCUT2D eigenvalue weighted by molar-refractivity contribution is -0.200. The van der Waals surface area contributed by atoms with Crippen molar-refractivity contribution < 1.29 is 47.5 Å². The molecule has 0 aromatic heterocycles. The molecule has 0 spiro atoms. The molecule has 0 bridgehead atoms. The van der Waals surface area contributed by atoms with Gasteiger partial charge in [0.25, 0.3) is 0 Å². The molecule has 0 amide bonds. The van der Waals surface area contributed by atoms with Crippen LogP contribution in [-0.4, -0.2) is 48.0 Å². The van der Waals surface area contributed by atoms with Gasteiger partial charge in [-0.3, -0.25) is 20.1 Å². The van der Waals surface area contributed by atoms with Crippen LogP contribution in [0.4, 0.5) is 13.2 Å². The molecule has 1 aliphatic heterocycles. The normalized spacial score (nSPS) is 16.4. The second-order valence-corrected chi connectivity index (χ2v) is 6.12. The van der Waals surface area contributed by atoms with Gasteiger partial charge in [-0.2, -0.15) is 13.2 Å². The Labute approximate surface area is 165 Å². The first kappa shape index (κ1) is 22.6. The molecule has 4 N–H and O–H groups in total. The van der Waals surface area contributed by atoms with Gasteiger partial charge in [0.05, 0.1) is 10.6 Å². The standard InChI is InChI=1S/C14H13Cl2F3N2O7/c15-7-1-6-2-9(12(14(17,18)19)28-11(6)10(16)3-7)13(22)27-8(4-25-20-23)5-26-21-24/h1-3,8,12,20-21,23-24H,4-5H2. The molecular weight excluding hydrogens is 436 g/mol. The summed E-state index contributed by atoms with van der Waals surface area (Å²) in [6.07, 6.45) is -8.04. The van der Waals surface area contributed by atoms with Crippen molar-refractivity contribution in [3.8, 4) is 5.75 Å². The summed E-state index contributed by atoms with van der Waals surface area (Å²) < 4.78 is 50.1. The highest BCUT2D eigenvalue weighted by atomic mass is 35.5. The van der Waals surface area contributed by atoms with Crippen molar-refractivity contribution >= 4 is 35.2 Å². The van der Waals surface area contributed by atoms with Crippen molar-refractivity contribution in [1.82, 2.24) is 11.3 Å². The minimum Gasteiger partial charge on any atom is -0.474 e. The van der Waals surface area contributed by atoms with E-state index >= 15 is 0 Å². The fourth-order valence-electron chi connectivity index (χ4n) is 2.24. The number of rotatable bonds is 8. The minimum absolute atomic E-state index is 0.0445. The fraction of sp³-hybridized carbons (Fsp3) is 0.357. The molecule has 1 aromatic carbocycles. The predicted molar refractivity (Wildman–Crippen MR) is 86.5 cm³/mol. The van der Waals surface area contributed by atoms with Gasteiger partial charge < -0.3 is 9.47 Å². The summed E-state index contributed by atoms with van der Waals surface area (Å²) in [5.41, 5.74) is 1.78. The molecule has 9 nitrogen and oxygen atoms in total. The molecule has 1 heterocycles. The third kappa shape index (κ3) is 5.68. The van der Waals surface area contributed by atoms with Crippen LogP contribution in [0, 0.1) is 0 Å². The maximum atomic E-state index is 13.4. The van der Waals surface area contributed by atoms with E-state index in [0.29, 0.717) is 0 Å². The minimum atomic E-state index is -4.96. The highest BCUT2D eigenvalue weighted by Gasteiger charge is 2.49. The smallest absolute Gasteiger partial charge is 0.430 e. The lowest BCUT2D eigenvalue weighted by atomic mass is 10.0. The maximum Gasteiger partial charge on any atom is 0.430 e. The quantitative estimate of drug-likeness (QED) is 0.351. The molecule has 0 saturated carbocycles. The summed E-state index contributed by atoms with van der Waals surface area (Å²) in [5.74, 6) is -1.70. The van der Waals surface area contributed by atoms with E-state index in [2.05, 4.69) is 9.68 Å². The molecule has 0 saturated heterocycles. The Hall–Kier alpha value is -1.64. The Bertz CT molecular complexity index is 740. The van der Waals surface area contributed by atoms with Crippen molar-refractivity contribution in [3.05, 3.63) is 33.3 Å². The van der Waals surface area contributed by atoms with E-state index in [-0.39, 0.29) is 21.4 Å². The van der Waals surface area contributed by atoms with Crippen molar-refractivity contribution in [2.45, 2.75) is 18.4 Å². The number of esters is 1. The monoisotopic (exact) mass is 448 g/mol. The van der Waals surface area contributed by atoms with Crippen LogP contribution < -0.4 is 16.0 Å². The first-order chi connectivity index (χ1) is 13.2. The van der Waals surface area contributed by atoms with Gasteiger partial charge >= 0.3 is 12.1 Å². The number of alkyl halides is 3. The van der Waals surface area contributed by atoms with Crippen LogP contribution in [0.3, 0.4) is 0 Å². The molecule has 156 valence electrons. The van der Waals surface area contributed by atoms with Crippen molar-refractivity contribution in [3.63, 3.8) is 0 Å². The molecule has 28 heavy (non-hydrogen) atoms. The molecule has 1 aromatic rings. The van der Waals surface area contributed by atoms with Crippen molar-refractivity contribution in [2.24, 2.45) is 0 Å². The average molecular weight is 449 g/mol. The summed E-state index contributed by atoms with van der Waals surface area (Å²) in [6, 6.07) is 2.46. The molecule has 2 rings (SSSR count). The van der Waals surface area contributed by atoms with Gasteiger partial charge in [-0.1, -0.05) is 34.5 Å². The Kier molecular flexibility index (Phi) is 7.86. The zero-order valence-electron chi connectivity index (χ0n) is 13.6. The fourth-order valence-corrected chi connectivity index (χ4v) is 2.80. The van der Waals surface area contributed by atoms with E-state index in [1.165, 1.54) is 23.4 Å². The SMILES string of the molecule is O=C(OC(CONO)CONO)C1=Cc2cc(Cl)cc(Cl)c2OC1C(F)(F)F. The lowest BCUT2D eigenvalue weighted by Crippen LogP contribution is -2.42. The lowest BCUT2D eigenvalue weighted by Gasteiger charge is -2.29. The zero-order chi connectivity index (χ0) is 20.9. The largest absolute Gasteiger partial charge is 0.474 e. The topological polar surface area (TPSA) is 119 Å². The average Bonchev–Trinajstić information content (AvgIpc) is 2.61. The highest BCUT2D eigenvalue weighted by Crippen LogP contribution is 2.42. The first-order valence-corrected chi connectivity index (χ1v) is 8.09. The van der Waals surface area contributed by atoms with Gasteiger partial charge in [-0.15, -0.1) is 0 Å². The highest BCUT2D eigenvalue weighted by molar-refractivity contribution is 6.36. The molecule has 0 aliphatic carbocycles. The molecule has 1 unspecified atom stereocenters. The van der Waals surface area contributed by atoms with Gasteiger partial charge in [0.15, 0.2) is 6.10 Å². The summed E-state index contributed by atoms with van der Waals surface area (Å²) >= 11 is 11.7. The third-order valence-electron chi connectivity index (χ3n) is 3.34. The van der Waals surface area contributed by atoms with Crippen LogP contribution in [0.2, 0.25) is 10.0 Å².